The lowest BCUT2D eigenvalue weighted by molar-refractivity contribution is 0.0863. The molecule has 3 aliphatic rings. The topological polar surface area (TPSA) is 43.2 Å². The first-order chi connectivity index (χ1) is 12.3. The molecule has 0 bridgehead atoms. The van der Waals surface area contributed by atoms with E-state index in [4.69, 9.17) is 9.72 Å². The number of imidazole rings is 1. The zero-order valence-electron chi connectivity index (χ0n) is 14.6. The maximum absolute atomic E-state index is 6.10. The fourth-order valence-corrected chi connectivity index (χ4v) is 4.52. The molecule has 25 heavy (non-hydrogen) atoms. The first-order valence-electron chi connectivity index (χ1n) is 9.57. The number of ether oxygens (including phenoxy) is 1. The second-order valence-corrected chi connectivity index (χ2v) is 8.92. The first-order valence-corrected chi connectivity index (χ1v) is 10.5. The summed E-state index contributed by atoms with van der Waals surface area (Å²) < 4.78 is 8.53. The lowest BCUT2D eigenvalue weighted by Gasteiger charge is -2.32. The van der Waals surface area contributed by atoms with E-state index < -0.39 is 0 Å². The molecule has 1 atom stereocenters. The lowest BCUT2D eigenvalue weighted by atomic mass is 9.98. The third-order valence-electron chi connectivity index (χ3n) is 5.56. The Morgan fingerprint density at radius 2 is 2.00 bits per heavy atom. The summed E-state index contributed by atoms with van der Waals surface area (Å²) in [6, 6.07) is 0. The summed E-state index contributed by atoms with van der Waals surface area (Å²) >= 11 is 1.74. The molecule has 2 saturated carbocycles. The summed E-state index contributed by atoms with van der Waals surface area (Å²) in [4.78, 5) is 11.7. The second-order valence-electron chi connectivity index (χ2n) is 7.95. The maximum atomic E-state index is 6.10. The standard InChI is InChI=1S/C19H26N4OS/c1-2-14(1)7-23-13-21-17-9-22(10-18-20-5-6-25-18)8-16(19(17)23)12-24-11-15-3-4-15/h5-6,13-16H,1-4,7-12H2. The summed E-state index contributed by atoms with van der Waals surface area (Å²) in [6.45, 7) is 5.82. The molecule has 2 aromatic rings. The summed E-state index contributed by atoms with van der Waals surface area (Å²) in [5.41, 5.74) is 2.70. The number of aromatic nitrogens is 3. The highest BCUT2D eigenvalue weighted by atomic mass is 32.1. The van der Waals surface area contributed by atoms with Crippen molar-refractivity contribution < 1.29 is 4.74 Å². The van der Waals surface area contributed by atoms with Gasteiger partial charge in [0.2, 0.25) is 0 Å². The summed E-state index contributed by atoms with van der Waals surface area (Å²) in [6.07, 6.45) is 9.44. The Kier molecular flexibility index (Phi) is 4.36. The summed E-state index contributed by atoms with van der Waals surface area (Å²) in [5.74, 6) is 2.13. The van der Waals surface area contributed by atoms with Gasteiger partial charge in [-0.05, 0) is 37.5 Å². The van der Waals surface area contributed by atoms with Gasteiger partial charge in [-0.3, -0.25) is 4.90 Å². The fraction of sp³-hybridized carbons (Fsp3) is 0.684. The van der Waals surface area contributed by atoms with E-state index in [-0.39, 0.29) is 0 Å². The van der Waals surface area contributed by atoms with Crippen molar-refractivity contribution in [2.24, 2.45) is 11.8 Å². The van der Waals surface area contributed by atoms with Crippen LogP contribution < -0.4 is 0 Å². The van der Waals surface area contributed by atoms with Crippen molar-refractivity contribution in [1.82, 2.24) is 19.4 Å². The molecule has 0 N–H and O–H groups in total. The molecule has 0 aromatic carbocycles. The Labute approximate surface area is 153 Å². The summed E-state index contributed by atoms with van der Waals surface area (Å²) in [7, 11) is 0. The SMILES string of the molecule is c1csc(CN2Cc3ncn(CC4CC4)c3C(COCC3CC3)C2)n1. The minimum Gasteiger partial charge on any atom is -0.380 e. The van der Waals surface area contributed by atoms with Gasteiger partial charge in [-0.25, -0.2) is 9.97 Å². The Hall–Kier alpha value is -1.24. The smallest absolute Gasteiger partial charge is 0.107 e. The van der Waals surface area contributed by atoms with Crippen LogP contribution >= 0.6 is 11.3 Å². The van der Waals surface area contributed by atoms with E-state index in [0.29, 0.717) is 5.92 Å². The maximum Gasteiger partial charge on any atom is 0.107 e. The number of hydrogen-bond acceptors (Lipinski definition) is 5. The van der Waals surface area contributed by atoms with E-state index in [2.05, 4.69) is 26.2 Å². The van der Waals surface area contributed by atoms with Crippen LogP contribution in [0.4, 0.5) is 0 Å². The quantitative estimate of drug-likeness (QED) is 0.726. The summed E-state index contributed by atoms with van der Waals surface area (Å²) in [5, 5.41) is 3.25. The van der Waals surface area contributed by atoms with Gasteiger partial charge in [0.15, 0.2) is 0 Å². The number of rotatable bonds is 8. The van der Waals surface area contributed by atoms with Gasteiger partial charge in [0.25, 0.3) is 0 Å². The van der Waals surface area contributed by atoms with Crippen molar-refractivity contribution in [2.45, 2.75) is 51.2 Å². The van der Waals surface area contributed by atoms with E-state index in [1.54, 1.807) is 11.3 Å². The minimum absolute atomic E-state index is 0.434. The number of nitrogens with zero attached hydrogens (tertiary/aromatic N) is 4. The molecule has 5 rings (SSSR count). The van der Waals surface area contributed by atoms with Crippen LogP contribution in [0.5, 0.6) is 0 Å². The van der Waals surface area contributed by atoms with E-state index in [9.17, 15) is 0 Å². The molecule has 134 valence electrons. The average Bonchev–Trinajstić information content (AvgIpc) is 3.51. The van der Waals surface area contributed by atoms with E-state index in [0.717, 1.165) is 51.2 Å². The van der Waals surface area contributed by atoms with Crippen molar-refractivity contribution in [3.8, 4) is 0 Å². The van der Waals surface area contributed by atoms with Gasteiger partial charge in [0.1, 0.15) is 5.01 Å². The second kappa shape index (κ2) is 6.82. The molecule has 0 amide bonds. The Morgan fingerprint density at radius 1 is 1.12 bits per heavy atom. The molecule has 2 aromatic heterocycles. The number of thiazole rings is 1. The van der Waals surface area contributed by atoms with Crippen molar-refractivity contribution in [1.29, 1.82) is 0 Å². The van der Waals surface area contributed by atoms with Gasteiger partial charge < -0.3 is 9.30 Å². The van der Waals surface area contributed by atoms with Crippen molar-refractivity contribution in [2.75, 3.05) is 19.8 Å². The monoisotopic (exact) mass is 358 g/mol. The van der Waals surface area contributed by atoms with Gasteiger partial charge in [-0.15, -0.1) is 11.3 Å². The molecule has 0 radical (unpaired) electrons. The lowest BCUT2D eigenvalue weighted by Crippen LogP contribution is -2.36. The van der Waals surface area contributed by atoms with Gasteiger partial charge in [0.05, 0.1) is 25.2 Å². The Bertz CT molecular complexity index is 705. The van der Waals surface area contributed by atoms with Crippen LogP contribution in [-0.4, -0.2) is 39.2 Å². The highest BCUT2D eigenvalue weighted by Crippen LogP contribution is 2.35. The third-order valence-corrected chi connectivity index (χ3v) is 6.32. The average molecular weight is 359 g/mol. The van der Waals surface area contributed by atoms with Crippen LogP contribution in [0.3, 0.4) is 0 Å². The van der Waals surface area contributed by atoms with Crippen LogP contribution in [0.1, 0.15) is 48.0 Å². The van der Waals surface area contributed by atoms with Crippen LogP contribution in [0, 0.1) is 11.8 Å². The normalized spacial score (nSPS) is 23.8. The molecule has 0 spiro atoms. The van der Waals surface area contributed by atoms with Crippen LogP contribution in [0.25, 0.3) is 0 Å². The minimum atomic E-state index is 0.434. The van der Waals surface area contributed by atoms with Gasteiger partial charge in [-0.2, -0.15) is 0 Å². The molecule has 1 aliphatic heterocycles. The molecular formula is C19H26N4OS. The van der Waals surface area contributed by atoms with E-state index >= 15 is 0 Å². The predicted octanol–water partition coefficient (Wildman–Crippen LogP) is 3.28. The molecule has 1 unspecified atom stereocenters. The van der Waals surface area contributed by atoms with E-state index in [1.165, 1.54) is 42.1 Å². The third kappa shape index (κ3) is 3.81. The fourth-order valence-electron chi connectivity index (χ4n) is 3.86. The zero-order chi connectivity index (χ0) is 16.6. The van der Waals surface area contributed by atoms with Crippen LogP contribution in [-0.2, 0) is 24.4 Å². The highest BCUT2D eigenvalue weighted by Gasteiger charge is 2.32. The van der Waals surface area contributed by atoms with Crippen LogP contribution in [0.15, 0.2) is 17.9 Å². The molecular weight excluding hydrogens is 332 g/mol. The molecule has 5 nitrogen and oxygen atoms in total. The zero-order valence-corrected chi connectivity index (χ0v) is 15.5. The molecule has 2 fully saturated rings. The van der Waals surface area contributed by atoms with Crippen molar-refractivity contribution in [3.05, 3.63) is 34.3 Å². The predicted molar refractivity (Wildman–Crippen MR) is 97.5 cm³/mol. The highest BCUT2D eigenvalue weighted by molar-refractivity contribution is 7.09. The largest absolute Gasteiger partial charge is 0.380 e. The number of hydrogen-bond donors (Lipinski definition) is 0. The Balaban J connectivity index is 1.32. The Morgan fingerprint density at radius 3 is 2.76 bits per heavy atom. The van der Waals surface area contributed by atoms with Crippen molar-refractivity contribution in [3.63, 3.8) is 0 Å². The van der Waals surface area contributed by atoms with Crippen LogP contribution in [0.2, 0.25) is 0 Å². The van der Waals surface area contributed by atoms with E-state index in [1.807, 2.05) is 6.20 Å². The molecule has 6 heteroatoms. The van der Waals surface area contributed by atoms with Gasteiger partial charge in [-0.1, -0.05) is 0 Å². The first kappa shape index (κ1) is 16.0. The van der Waals surface area contributed by atoms with Crippen molar-refractivity contribution >= 4 is 11.3 Å². The van der Waals surface area contributed by atoms with Gasteiger partial charge in [0, 0.05) is 49.4 Å². The van der Waals surface area contributed by atoms with Gasteiger partial charge >= 0.3 is 0 Å². The molecule has 2 aliphatic carbocycles. The molecule has 3 heterocycles. The molecule has 0 saturated heterocycles. The number of fused-ring (bicyclic) bond motifs is 1.